The van der Waals surface area contributed by atoms with Gasteiger partial charge in [-0.05, 0) is 49.1 Å². The van der Waals surface area contributed by atoms with Gasteiger partial charge in [0, 0.05) is 12.5 Å². The molecule has 1 fully saturated rings. The van der Waals surface area contributed by atoms with Gasteiger partial charge in [0.25, 0.3) is 0 Å². The number of para-hydroxylation sites is 2. The van der Waals surface area contributed by atoms with Crippen LogP contribution in [0, 0.1) is 0 Å². The number of imidazole rings is 1. The first-order chi connectivity index (χ1) is 13.3. The molecule has 4 rings (SSSR count). The summed E-state index contributed by atoms with van der Waals surface area (Å²) in [6.45, 7) is 0.932. The van der Waals surface area contributed by atoms with Crippen molar-refractivity contribution in [1.29, 1.82) is 0 Å². The maximum atomic E-state index is 5.46. The Bertz CT molecular complexity index is 910. The Labute approximate surface area is 161 Å². The third kappa shape index (κ3) is 3.66. The van der Waals surface area contributed by atoms with Gasteiger partial charge in [-0.15, -0.1) is 0 Å². The van der Waals surface area contributed by atoms with E-state index in [0.29, 0.717) is 5.92 Å². The van der Waals surface area contributed by atoms with Crippen molar-refractivity contribution in [1.82, 2.24) is 9.55 Å². The average molecular weight is 364 g/mol. The lowest BCUT2D eigenvalue weighted by Crippen LogP contribution is -2.13. The number of hydrogen-bond donors (Lipinski definition) is 0. The molecule has 0 saturated heterocycles. The Morgan fingerprint density at radius 3 is 2.52 bits per heavy atom. The highest BCUT2D eigenvalue weighted by atomic mass is 16.5. The van der Waals surface area contributed by atoms with Crippen LogP contribution in [0.1, 0.15) is 49.4 Å². The molecule has 27 heavy (non-hydrogen) atoms. The summed E-state index contributed by atoms with van der Waals surface area (Å²) in [6, 6.07) is 14.7. The SMILES string of the molecule is COc1ccc(CCn2c(C3CCCCC3)nc3ccccc32)cc1OC. The number of aryl methyl sites for hydroxylation is 2. The van der Waals surface area contributed by atoms with Gasteiger partial charge >= 0.3 is 0 Å². The molecule has 2 aromatic carbocycles. The molecule has 0 atom stereocenters. The van der Waals surface area contributed by atoms with Crippen molar-refractivity contribution in [3.8, 4) is 11.5 Å². The van der Waals surface area contributed by atoms with Gasteiger partial charge in [0.1, 0.15) is 5.82 Å². The molecular formula is C23H28N2O2. The maximum Gasteiger partial charge on any atom is 0.160 e. The van der Waals surface area contributed by atoms with Crippen molar-refractivity contribution in [2.75, 3.05) is 14.2 Å². The van der Waals surface area contributed by atoms with Crippen molar-refractivity contribution in [2.24, 2.45) is 0 Å². The second-order valence-electron chi connectivity index (χ2n) is 7.38. The minimum absolute atomic E-state index is 0.594. The summed E-state index contributed by atoms with van der Waals surface area (Å²) in [5.74, 6) is 3.43. The Hall–Kier alpha value is -2.49. The summed E-state index contributed by atoms with van der Waals surface area (Å²) in [5, 5.41) is 0. The van der Waals surface area contributed by atoms with Gasteiger partial charge < -0.3 is 14.0 Å². The third-order valence-electron chi connectivity index (χ3n) is 5.73. The Morgan fingerprint density at radius 2 is 1.74 bits per heavy atom. The zero-order valence-electron chi connectivity index (χ0n) is 16.3. The smallest absolute Gasteiger partial charge is 0.160 e. The molecule has 0 amide bonds. The summed E-state index contributed by atoms with van der Waals surface area (Å²) in [5.41, 5.74) is 3.61. The van der Waals surface area contributed by atoms with Crippen LogP contribution in [0.2, 0.25) is 0 Å². The fourth-order valence-electron chi connectivity index (χ4n) is 4.28. The molecule has 4 nitrogen and oxygen atoms in total. The minimum atomic E-state index is 0.594. The van der Waals surface area contributed by atoms with Crippen LogP contribution in [-0.2, 0) is 13.0 Å². The molecule has 142 valence electrons. The number of fused-ring (bicyclic) bond motifs is 1. The van der Waals surface area contributed by atoms with Gasteiger partial charge in [-0.3, -0.25) is 0 Å². The van der Waals surface area contributed by atoms with E-state index in [-0.39, 0.29) is 0 Å². The maximum absolute atomic E-state index is 5.46. The lowest BCUT2D eigenvalue weighted by Gasteiger charge is -2.22. The standard InChI is InChI=1S/C23H28N2O2/c1-26-21-13-12-17(16-22(21)27-2)14-15-25-20-11-7-6-10-19(20)24-23(25)18-8-4-3-5-9-18/h6-7,10-13,16,18H,3-5,8-9,14-15H2,1-2H3. The quantitative estimate of drug-likeness (QED) is 0.592. The molecule has 4 heteroatoms. The molecule has 1 aliphatic carbocycles. The lowest BCUT2D eigenvalue weighted by atomic mass is 9.88. The number of hydrogen-bond acceptors (Lipinski definition) is 3. The summed E-state index contributed by atoms with van der Waals surface area (Å²) >= 11 is 0. The van der Waals surface area contributed by atoms with Crippen LogP contribution in [0.5, 0.6) is 11.5 Å². The molecule has 1 aromatic heterocycles. The molecule has 3 aromatic rings. The lowest BCUT2D eigenvalue weighted by molar-refractivity contribution is 0.354. The Balaban J connectivity index is 1.63. The Kier molecular flexibility index (Phi) is 5.33. The van der Waals surface area contributed by atoms with Crippen molar-refractivity contribution in [3.05, 3.63) is 53.9 Å². The van der Waals surface area contributed by atoms with Crippen LogP contribution < -0.4 is 9.47 Å². The molecule has 1 aliphatic rings. The van der Waals surface area contributed by atoms with Crippen molar-refractivity contribution < 1.29 is 9.47 Å². The van der Waals surface area contributed by atoms with E-state index < -0.39 is 0 Å². The second kappa shape index (κ2) is 8.03. The van der Waals surface area contributed by atoms with E-state index in [0.717, 1.165) is 30.0 Å². The molecule has 1 heterocycles. The number of rotatable bonds is 6. The first kappa shape index (κ1) is 17.9. The minimum Gasteiger partial charge on any atom is -0.493 e. The van der Waals surface area contributed by atoms with Crippen molar-refractivity contribution in [2.45, 2.75) is 51.0 Å². The second-order valence-corrected chi connectivity index (χ2v) is 7.38. The van der Waals surface area contributed by atoms with E-state index in [1.54, 1.807) is 14.2 Å². The van der Waals surface area contributed by atoms with Crippen LogP contribution in [-0.4, -0.2) is 23.8 Å². The van der Waals surface area contributed by atoms with Crippen LogP contribution >= 0.6 is 0 Å². The number of benzene rings is 2. The zero-order chi connectivity index (χ0) is 18.6. The summed E-state index contributed by atoms with van der Waals surface area (Å²) in [7, 11) is 3.36. The predicted octanol–water partition coefficient (Wildman–Crippen LogP) is 5.34. The van der Waals surface area contributed by atoms with E-state index in [1.807, 2.05) is 6.07 Å². The largest absolute Gasteiger partial charge is 0.493 e. The Morgan fingerprint density at radius 1 is 0.963 bits per heavy atom. The van der Waals surface area contributed by atoms with Crippen LogP contribution in [0.4, 0.5) is 0 Å². The number of aromatic nitrogens is 2. The van der Waals surface area contributed by atoms with Crippen LogP contribution in [0.25, 0.3) is 11.0 Å². The van der Waals surface area contributed by atoms with E-state index in [9.17, 15) is 0 Å². The third-order valence-corrected chi connectivity index (χ3v) is 5.73. The van der Waals surface area contributed by atoms with Gasteiger partial charge in [-0.2, -0.15) is 0 Å². The summed E-state index contributed by atoms with van der Waals surface area (Å²) < 4.78 is 13.3. The predicted molar refractivity (Wildman–Crippen MR) is 109 cm³/mol. The summed E-state index contributed by atoms with van der Waals surface area (Å²) in [4.78, 5) is 5.03. The molecule has 0 aliphatic heterocycles. The fourth-order valence-corrected chi connectivity index (χ4v) is 4.28. The van der Waals surface area contributed by atoms with E-state index in [2.05, 4.69) is 41.0 Å². The number of ether oxygens (including phenoxy) is 2. The highest BCUT2D eigenvalue weighted by Gasteiger charge is 2.22. The van der Waals surface area contributed by atoms with Crippen LogP contribution in [0.3, 0.4) is 0 Å². The average Bonchev–Trinajstić information content (AvgIpc) is 3.11. The highest BCUT2D eigenvalue weighted by molar-refractivity contribution is 5.76. The topological polar surface area (TPSA) is 36.3 Å². The van der Waals surface area contributed by atoms with Crippen molar-refractivity contribution in [3.63, 3.8) is 0 Å². The zero-order valence-corrected chi connectivity index (χ0v) is 16.3. The molecule has 0 unspecified atom stereocenters. The number of nitrogens with zero attached hydrogens (tertiary/aromatic N) is 2. The normalized spacial score (nSPS) is 15.2. The van der Waals surface area contributed by atoms with E-state index >= 15 is 0 Å². The van der Waals surface area contributed by atoms with Crippen LogP contribution in [0.15, 0.2) is 42.5 Å². The first-order valence-electron chi connectivity index (χ1n) is 9.96. The molecule has 0 spiro atoms. The van der Waals surface area contributed by atoms with Gasteiger partial charge in [-0.1, -0.05) is 37.5 Å². The van der Waals surface area contributed by atoms with Crippen molar-refractivity contribution >= 4 is 11.0 Å². The van der Waals surface area contributed by atoms with Gasteiger partial charge in [-0.25, -0.2) is 4.98 Å². The fraction of sp³-hybridized carbons (Fsp3) is 0.435. The van der Waals surface area contributed by atoms with E-state index in [4.69, 9.17) is 14.5 Å². The van der Waals surface area contributed by atoms with E-state index in [1.165, 1.54) is 49.0 Å². The van der Waals surface area contributed by atoms with Gasteiger partial charge in [0.05, 0.1) is 25.3 Å². The molecule has 1 saturated carbocycles. The molecule has 0 N–H and O–H groups in total. The summed E-state index contributed by atoms with van der Waals surface area (Å²) in [6.07, 6.45) is 7.48. The number of methoxy groups -OCH3 is 2. The molecule has 0 bridgehead atoms. The monoisotopic (exact) mass is 364 g/mol. The van der Waals surface area contributed by atoms with Gasteiger partial charge in [0.15, 0.2) is 11.5 Å². The first-order valence-corrected chi connectivity index (χ1v) is 9.96. The van der Waals surface area contributed by atoms with Gasteiger partial charge in [0.2, 0.25) is 0 Å². The molecular weight excluding hydrogens is 336 g/mol. The highest BCUT2D eigenvalue weighted by Crippen LogP contribution is 2.34. The molecule has 0 radical (unpaired) electrons.